The minimum Gasteiger partial charge on any atom is -0.494 e. The second kappa shape index (κ2) is 7.59. The summed E-state index contributed by atoms with van der Waals surface area (Å²) >= 11 is 0. The number of aliphatic hydroxyl groups excluding tert-OH is 1. The van der Waals surface area contributed by atoms with Crippen LogP contribution in [0.5, 0.6) is 5.75 Å². The molecule has 3 N–H and O–H groups in total. The van der Waals surface area contributed by atoms with E-state index in [1.54, 1.807) is 12.1 Å². The Morgan fingerprint density at radius 3 is 2.82 bits per heavy atom. The average Bonchev–Trinajstić information content (AvgIpc) is 3.06. The molecule has 4 rings (SSSR count). The van der Waals surface area contributed by atoms with Crippen LogP contribution in [-0.4, -0.2) is 34.2 Å². The number of H-pyrrole nitrogens is 1. The maximum Gasteiger partial charge on any atom is 0.228 e. The fourth-order valence-corrected chi connectivity index (χ4v) is 3.72. The molecule has 28 heavy (non-hydrogen) atoms. The Labute approximate surface area is 161 Å². The third kappa shape index (κ3) is 3.71. The molecule has 1 fully saturated rings. The predicted octanol–water partition coefficient (Wildman–Crippen LogP) is 2.88. The highest BCUT2D eigenvalue weighted by Crippen LogP contribution is 2.39. The first-order chi connectivity index (χ1) is 13.5. The van der Waals surface area contributed by atoms with Crippen molar-refractivity contribution in [3.8, 4) is 5.75 Å². The first-order valence-corrected chi connectivity index (χ1v) is 9.28. The molecule has 146 valence electrons. The van der Waals surface area contributed by atoms with Gasteiger partial charge in [0.25, 0.3) is 0 Å². The van der Waals surface area contributed by atoms with Gasteiger partial charge in [-0.1, -0.05) is 18.2 Å². The predicted molar refractivity (Wildman–Crippen MR) is 102 cm³/mol. The summed E-state index contributed by atoms with van der Waals surface area (Å²) in [5.41, 5.74) is 2.34. The Bertz CT molecular complexity index is 964. The molecule has 1 aromatic heterocycles. The second-order valence-corrected chi connectivity index (χ2v) is 7.20. The van der Waals surface area contributed by atoms with E-state index in [1.165, 1.54) is 13.2 Å². The van der Waals surface area contributed by atoms with Crippen LogP contribution < -0.4 is 10.1 Å². The number of carbonyl (C=O) groups is 1. The molecule has 7 heteroatoms. The monoisotopic (exact) mass is 383 g/mol. The molecular formula is C21H22FN3O3. The van der Waals surface area contributed by atoms with E-state index < -0.39 is 5.82 Å². The van der Waals surface area contributed by atoms with Gasteiger partial charge >= 0.3 is 0 Å². The van der Waals surface area contributed by atoms with Crippen molar-refractivity contribution >= 4 is 16.9 Å². The quantitative estimate of drug-likeness (QED) is 0.611. The molecule has 1 saturated carbocycles. The summed E-state index contributed by atoms with van der Waals surface area (Å²) < 4.78 is 19.1. The van der Waals surface area contributed by atoms with Crippen molar-refractivity contribution in [1.82, 2.24) is 15.3 Å². The van der Waals surface area contributed by atoms with Crippen LogP contribution in [0.4, 0.5) is 4.39 Å². The zero-order chi connectivity index (χ0) is 19.7. The Kier molecular flexibility index (Phi) is 5.00. The van der Waals surface area contributed by atoms with Crippen molar-refractivity contribution in [1.29, 1.82) is 0 Å². The van der Waals surface area contributed by atoms with Crippen molar-refractivity contribution in [3.05, 3.63) is 59.7 Å². The number of hydrogen-bond donors (Lipinski definition) is 3. The Hall–Kier alpha value is -2.93. The minimum absolute atomic E-state index is 0.0578. The van der Waals surface area contributed by atoms with Gasteiger partial charge in [0.15, 0.2) is 11.6 Å². The van der Waals surface area contributed by atoms with Crippen molar-refractivity contribution in [2.45, 2.75) is 31.4 Å². The number of imidazole rings is 1. The zero-order valence-corrected chi connectivity index (χ0v) is 15.5. The third-order valence-corrected chi connectivity index (χ3v) is 5.24. The molecular weight excluding hydrogens is 361 g/mol. The fraction of sp³-hybridized carbons (Fsp3) is 0.333. The van der Waals surface area contributed by atoms with Gasteiger partial charge in [-0.3, -0.25) is 4.79 Å². The van der Waals surface area contributed by atoms with Gasteiger partial charge in [-0.2, -0.15) is 0 Å². The van der Waals surface area contributed by atoms with E-state index in [-0.39, 0.29) is 36.1 Å². The maximum atomic E-state index is 14.2. The Morgan fingerprint density at radius 2 is 2.14 bits per heavy atom. The molecule has 1 aliphatic carbocycles. The van der Waals surface area contributed by atoms with Crippen LogP contribution in [0, 0.1) is 11.7 Å². The number of carbonyl (C=O) groups excluding carboxylic acids is 1. The molecule has 0 spiro atoms. The van der Waals surface area contributed by atoms with Crippen molar-refractivity contribution < 1.29 is 19.0 Å². The smallest absolute Gasteiger partial charge is 0.228 e. The van der Waals surface area contributed by atoms with Gasteiger partial charge in [0, 0.05) is 0 Å². The largest absolute Gasteiger partial charge is 0.494 e. The summed E-state index contributed by atoms with van der Waals surface area (Å²) in [6.07, 6.45) is 0.869. The number of ether oxygens (including phenoxy) is 1. The SMILES string of the molecule is COc1ccc([C@H](NC(=O)Cc2nc3ccccc3[nH]2)C2CC(O)C2)cc1F. The molecule has 1 heterocycles. The van der Waals surface area contributed by atoms with Gasteiger partial charge in [0.2, 0.25) is 5.91 Å². The summed E-state index contributed by atoms with van der Waals surface area (Å²) in [5.74, 6) is 0.109. The van der Waals surface area contributed by atoms with Crippen LogP contribution in [0.15, 0.2) is 42.5 Å². The molecule has 6 nitrogen and oxygen atoms in total. The normalized spacial score (nSPS) is 19.8. The van der Waals surface area contributed by atoms with E-state index in [1.807, 2.05) is 24.3 Å². The molecule has 2 aromatic carbocycles. The number of nitrogens with one attached hydrogen (secondary N) is 2. The highest BCUT2D eigenvalue weighted by Gasteiger charge is 2.36. The van der Waals surface area contributed by atoms with E-state index in [9.17, 15) is 14.3 Å². The number of hydrogen-bond acceptors (Lipinski definition) is 4. The number of aromatic nitrogens is 2. The van der Waals surface area contributed by atoms with E-state index in [0.717, 1.165) is 11.0 Å². The number of aliphatic hydroxyl groups is 1. The molecule has 3 aromatic rings. The number of methoxy groups -OCH3 is 1. The van der Waals surface area contributed by atoms with E-state index in [4.69, 9.17) is 4.74 Å². The van der Waals surface area contributed by atoms with E-state index in [0.29, 0.717) is 24.2 Å². The molecule has 0 saturated heterocycles. The number of benzene rings is 2. The number of rotatable bonds is 6. The number of para-hydroxylation sites is 2. The summed E-state index contributed by atoms with van der Waals surface area (Å²) in [5, 5.41) is 12.7. The van der Waals surface area contributed by atoms with Gasteiger partial charge in [-0.15, -0.1) is 0 Å². The van der Waals surface area contributed by atoms with Crippen LogP contribution in [-0.2, 0) is 11.2 Å². The number of amides is 1. The molecule has 1 amide bonds. The van der Waals surface area contributed by atoms with Gasteiger partial charge in [-0.25, -0.2) is 9.37 Å². The topological polar surface area (TPSA) is 87.2 Å². The van der Waals surface area contributed by atoms with E-state index in [2.05, 4.69) is 15.3 Å². The molecule has 1 aliphatic rings. The van der Waals surface area contributed by atoms with Crippen LogP contribution in [0.1, 0.15) is 30.3 Å². The second-order valence-electron chi connectivity index (χ2n) is 7.20. The van der Waals surface area contributed by atoms with Crippen LogP contribution in [0.3, 0.4) is 0 Å². The fourth-order valence-electron chi connectivity index (χ4n) is 3.72. The molecule has 0 bridgehead atoms. The molecule has 0 aliphatic heterocycles. The van der Waals surface area contributed by atoms with Crippen LogP contribution in [0.2, 0.25) is 0 Å². The molecule has 1 atom stereocenters. The lowest BCUT2D eigenvalue weighted by Gasteiger charge is -2.38. The standard InChI is InChI=1S/C21H22FN3O3/c1-28-18-7-6-12(10-15(18)22)21(13-8-14(26)9-13)25-20(27)11-19-23-16-4-2-3-5-17(16)24-19/h2-7,10,13-14,21,26H,8-9,11H2,1H3,(H,23,24)(H,25,27)/t13?,14?,21-/m0/s1. The van der Waals surface area contributed by atoms with Crippen molar-refractivity contribution in [2.24, 2.45) is 5.92 Å². The summed E-state index contributed by atoms with van der Waals surface area (Å²) in [4.78, 5) is 20.2. The summed E-state index contributed by atoms with van der Waals surface area (Å²) in [6, 6.07) is 11.9. The maximum absolute atomic E-state index is 14.2. The zero-order valence-electron chi connectivity index (χ0n) is 15.5. The molecule has 0 radical (unpaired) electrons. The lowest BCUT2D eigenvalue weighted by Crippen LogP contribution is -2.42. The lowest BCUT2D eigenvalue weighted by molar-refractivity contribution is -0.122. The first kappa shape index (κ1) is 18.4. The first-order valence-electron chi connectivity index (χ1n) is 9.28. The third-order valence-electron chi connectivity index (χ3n) is 5.24. The lowest BCUT2D eigenvalue weighted by atomic mass is 9.75. The van der Waals surface area contributed by atoms with Crippen LogP contribution >= 0.6 is 0 Å². The highest BCUT2D eigenvalue weighted by atomic mass is 19.1. The number of halogens is 1. The number of fused-ring (bicyclic) bond motifs is 1. The molecule has 0 unspecified atom stereocenters. The van der Waals surface area contributed by atoms with Crippen molar-refractivity contribution in [3.63, 3.8) is 0 Å². The summed E-state index contributed by atoms with van der Waals surface area (Å²) in [6.45, 7) is 0. The average molecular weight is 383 g/mol. The minimum atomic E-state index is -0.476. The van der Waals surface area contributed by atoms with E-state index >= 15 is 0 Å². The number of aromatic amines is 1. The number of nitrogens with zero attached hydrogens (tertiary/aromatic N) is 1. The van der Waals surface area contributed by atoms with Crippen LogP contribution in [0.25, 0.3) is 11.0 Å². The van der Waals surface area contributed by atoms with Gasteiger partial charge in [0.05, 0.1) is 36.7 Å². The van der Waals surface area contributed by atoms with Gasteiger partial charge < -0.3 is 20.1 Å². The highest BCUT2D eigenvalue weighted by molar-refractivity contribution is 5.80. The Morgan fingerprint density at radius 1 is 1.36 bits per heavy atom. The van der Waals surface area contributed by atoms with Crippen molar-refractivity contribution in [2.75, 3.05) is 7.11 Å². The summed E-state index contributed by atoms with van der Waals surface area (Å²) in [7, 11) is 1.41. The van der Waals surface area contributed by atoms with Gasteiger partial charge in [-0.05, 0) is 48.6 Å². The van der Waals surface area contributed by atoms with Gasteiger partial charge in [0.1, 0.15) is 5.82 Å². The Balaban J connectivity index is 1.51.